The zero-order chi connectivity index (χ0) is 15.5. The average molecular weight is 303 g/mol. The van der Waals surface area contributed by atoms with E-state index in [2.05, 4.69) is 32.5 Å². The number of rotatable bonds is 6. The van der Waals surface area contributed by atoms with Gasteiger partial charge in [-0.15, -0.1) is 0 Å². The molecule has 22 heavy (non-hydrogen) atoms. The summed E-state index contributed by atoms with van der Waals surface area (Å²) in [5, 5.41) is 11.1. The second-order valence-corrected chi connectivity index (χ2v) is 5.07. The number of carbonyl (C=O) groups excluding carboxylic acids is 1. The number of anilines is 1. The Balaban J connectivity index is 1.71. The number of nitrogens with zero attached hydrogens (tertiary/aromatic N) is 5. The fourth-order valence-corrected chi connectivity index (χ4v) is 2.27. The zero-order valence-corrected chi connectivity index (χ0v) is 12.2. The Hall–Kier alpha value is -2.71. The summed E-state index contributed by atoms with van der Waals surface area (Å²) in [6.07, 6.45) is 3.49. The molecule has 0 radical (unpaired) electrons. The summed E-state index contributed by atoms with van der Waals surface area (Å²) in [5.41, 5.74) is 6.39. The van der Waals surface area contributed by atoms with Crippen LogP contribution in [0.25, 0.3) is 5.78 Å². The molecular weight excluding hydrogens is 286 g/mol. The van der Waals surface area contributed by atoms with Crippen molar-refractivity contribution < 1.29 is 9.63 Å². The molecule has 1 aliphatic rings. The van der Waals surface area contributed by atoms with Gasteiger partial charge in [0.15, 0.2) is 6.10 Å². The third-order valence-corrected chi connectivity index (χ3v) is 3.34. The van der Waals surface area contributed by atoms with Gasteiger partial charge < -0.3 is 15.9 Å². The second-order valence-electron chi connectivity index (χ2n) is 5.07. The number of carbonyl (C=O) groups is 1. The van der Waals surface area contributed by atoms with E-state index in [1.54, 1.807) is 4.52 Å². The molecule has 0 spiro atoms. The van der Waals surface area contributed by atoms with Crippen LogP contribution in [0.1, 0.15) is 25.5 Å². The van der Waals surface area contributed by atoms with Gasteiger partial charge in [0.2, 0.25) is 0 Å². The lowest BCUT2D eigenvalue weighted by Crippen LogP contribution is -2.26. The van der Waals surface area contributed by atoms with Crippen LogP contribution in [0.3, 0.4) is 0 Å². The van der Waals surface area contributed by atoms with Crippen molar-refractivity contribution in [2.24, 2.45) is 10.9 Å². The van der Waals surface area contributed by atoms with Crippen molar-refractivity contribution in [3.8, 4) is 0 Å². The summed E-state index contributed by atoms with van der Waals surface area (Å²) in [5.74, 6) is 0.784. The van der Waals surface area contributed by atoms with Crippen LogP contribution < -0.4 is 11.1 Å². The summed E-state index contributed by atoms with van der Waals surface area (Å²) in [6.45, 7) is 2.57. The van der Waals surface area contributed by atoms with E-state index in [9.17, 15) is 4.79 Å². The van der Waals surface area contributed by atoms with Crippen LogP contribution in [0.2, 0.25) is 0 Å². The first-order chi connectivity index (χ1) is 10.7. The fourth-order valence-electron chi connectivity index (χ4n) is 2.27. The van der Waals surface area contributed by atoms with Crippen LogP contribution >= 0.6 is 0 Å². The van der Waals surface area contributed by atoms with E-state index in [1.165, 1.54) is 6.33 Å². The number of oxime groups is 1. The van der Waals surface area contributed by atoms with Gasteiger partial charge in [0, 0.05) is 18.2 Å². The quantitative estimate of drug-likeness (QED) is 0.782. The summed E-state index contributed by atoms with van der Waals surface area (Å²) in [7, 11) is 0. The number of hydrogen-bond donors (Lipinski definition) is 2. The molecule has 3 N–H and O–H groups in total. The Morgan fingerprint density at radius 1 is 1.59 bits per heavy atom. The molecule has 9 heteroatoms. The second kappa shape index (κ2) is 5.96. The lowest BCUT2D eigenvalue weighted by Gasteiger charge is -2.12. The van der Waals surface area contributed by atoms with E-state index in [0.717, 1.165) is 24.4 Å². The molecule has 1 atom stereocenters. The van der Waals surface area contributed by atoms with Gasteiger partial charge in [-0.25, -0.2) is 4.98 Å². The van der Waals surface area contributed by atoms with Crippen LogP contribution in [0.15, 0.2) is 17.5 Å². The van der Waals surface area contributed by atoms with Crippen LogP contribution in [0.5, 0.6) is 0 Å². The standard InChI is InChI=1S/C13H17N7O2/c1-2-3-8-4-11(20-13(18-8)16-7-17-20)15-6-9-5-10(12(14)21)19-22-9/h4,7,9,15H,2-3,5-6H2,1H3,(H2,14,21). The minimum Gasteiger partial charge on any atom is -0.390 e. The number of amides is 1. The van der Waals surface area contributed by atoms with Crippen molar-refractivity contribution in [3.05, 3.63) is 18.1 Å². The summed E-state index contributed by atoms with van der Waals surface area (Å²) in [4.78, 5) is 24.8. The van der Waals surface area contributed by atoms with Crippen molar-refractivity contribution >= 4 is 23.2 Å². The van der Waals surface area contributed by atoms with Gasteiger partial charge in [-0.3, -0.25) is 4.79 Å². The molecule has 2 aromatic rings. The predicted molar refractivity (Wildman–Crippen MR) is 79.4 cm³/mol. The highest BCUT2D eigenvalue weighted by Crippen LogP contribution is 2.15. The maximum atomic E-state index is 11.0. The normalized spacial score (nSPS) is 17.3. The highest BCUT2D eigenvalue weighted by molar-refractivity contribution is 6.38. The minimum absolute atomic E-state index is 0.233. The van der Waals surface area contributed by atoms with Crippen molar-refractivity contribution in [2.75, 3.05) is 11.9 Å². The number of aromatic nitrogens is 4. The van der Waals surface area contributed by atoms with Gasteiger partial charge in [-0.1, -0.05) is 18.5 Å². The maximum absolute atomic E-state index is 11.0. The van der Waals surface area contributed by atoms with Gasteiger partial charge in [-0.2, -0.15) is 14.6 Å². The van der Waals surface area contributed by atoms with Crippen molar-refractivity contribution in [1.29, 1.82) is 0 Å². The molecular formula is C13H17N7O2. The minimum atomic E-state index is -0.546. The van der Waals surface area contributed by atoms with Gasteiger partial charge in [-0.05, 0) is 6.42 Å². The highest BCUT2D eigenvalue weighted by atomic mass is 16.6. The molecule has 1 aliphatic heterocycles. The van der Waals surface area contributed by atoms with E-state index in [1.807, 2.05) is 6.07 Å². The van der Waals surface area contributed by atoms with E-state index in [4.69, 9.17) is 10.6 Å². The zero-order valence-electron chi connectivity index (χ0n) is 12.2. The number of hydrogen-bond acceptors (Lipinski definition) is 7. The Bertz CT molecular complexity index is 724. The first-order valence-corrected chi connectivity index (χ1v) is 7.13. The SMILES string of the molecule is CCCc1cc(NCC2CC(C(N)=O)=NO2)n2ncnc2n1. The number of nitrogens with two attached hydrogens (primary N) is 1. The number of aryl methyl sites for hydroxylation is 1. The molecule has 0 aromatic carbocycles. The molecule has 0 aliphatic carbocycles. The molecule has 116 valence electrons. The topological polar surface area (TPSA) is 120 Å². The van der Waals surface area contributed by atoms with E-state index < -0.39 is 5.91 Å². The van der Waals surface area contributed by atoms with Gasteiger partial charge in [0.25, 0.3) is 11.7 Å². The molecule has 0 bridgehead atoms. The molecule has 0 saturated carbocycles. The predicted octanol–water partition coefficient (Wildman–Crippen LogP) is 0.119. The summed E-state index contributed by atoms with van der Waals surface area (Å²) < 4.78 is 1.63. The monoisotopic (exact) mass is 303 g/mol. The van der Waals surface area contributed by atoms with Crippen molar-refractivity contribution in [3.63, 3.8) is 0 Å². The maximum Gasteiger partial charge on any atom is 0.266 e. The summed E-state index contributed by atoms with van der Waals surface area (Å²) >= 11 is 0. The molecule has 2 aromatic heterocycles. The molecule has 9 nitrogen and oxygen atoms in total. The van der Waals surface area contributed by atoms with Crippen LogP contribution in [-0.2, 0) is 16.1 Å². The lowest BCUT2D eigenvalue weighted by atomic mass is 10.2. The number of primary amides is 1. The average Bonchev–Trinajstić information content (AvgIpc) is 3.14. The van der Waals surface area contributed by atoms with E-state index in [0.29, 0.717) is 18.7 Å². The van der Waals surface area contributed by atoms with Crippen LogP contribution in [0, 0.1) is 0 Å². The first-order valence-electron chi connectivity index (χ1n) is 7.13. The molecule has 3 heterocycles. The molecule has 0 saturated heterocycles. The number of fused-ring (bicyclic) bond motifs is 1. The Labute approximate surface area is 126 Å². The van der Waals surface area contributed by atoms with E-state index in [-0.39, 0.29) is 11.8 Å². The van der Waals surface area contributed by atoms with Crippen LogP contribution in [0.4, 0.5) is 5.82 Å². The first kappa shape index (κ1) is 14.2. The van der Waals surface area contributed by atoms with E-state index >= 15 is 0 Å². The highest BCUT2D eigenvalue weighted by Gasteiger charge is 2.24. The Morgan fingerprint density at radius 2 is 2.45 bits per heavy atom. The lowest BCUT2D eigenvalue weighted by molar-refractivity contribution is -0.112. The molecule has 3 rings (SSSR count). The fraction of sp³-hybridized carbons (Fsp3) is 0.462. The Kier molecular flexibility index (Phi) is 3.86. The van der Waals surface area contributed by atoms with Gasteiger partial charge in [0.1, 0.15) is 17.9 Å². The molecule has 1 unspecified atom stereocenters. The Morgan fingerprint density at radius 3 is 3.18 bits per heavy atom. The molecule has 0 fully saturated rings. The largest absolute Gasteiger partial charge is 0.390 e. The van der Waals surface area contributed by atoms with Crippen molar-refractivity contribution in [2.45, 2.75) is 32.3 Å². The summed E-state index contributed by atoms with van der Waals surface area (Å²) in [6, 6.07) is 1.94. The van der Waals surface area contributed by atoms with Gasteiger partial charge >= 0.3 is 0 Å². The number of nitrogens with one attached hydrogen (secondary N) is 1. The third-order valence-electron chi connectivity index (χ3n) is 3.34. The van der Waals surface area contributed by atoms with Gasteiger partial charge in [0.05, 0.1) is 6.54 Å². The smallest absolute Gasteiger partial charge is 0.266 e. The third kappa shape index (κ3) is 2.83. The van der Waals surface area contributed by atoms with Crippen LogP contribution in [-0.4, -0.2) is 43.8 Å². The van der Waals surface area contributed by atoms with Crippen molar-refractivity contribution in [1.82, 2.24) is 19.6 Å². The molecule has 1 amide bonds.